The molecule has 0 aliphatic heterocycles. The molecule has 0 atom stereocenters. The second kappa shape index (κ2) is 12.4. The Hall–Kier alpha value is -2.37. The van der Waals surface area contributed by atoms with Crippen LogP contribution in [-0.2, 0) is 27.4 Å². The molecule has 0 bridgehead atoms. The van der Waals surface area contributed by atoms with Crippen LogP contribution in [0.15, 0.2) is 54.6 Å². The Morgan fingerprint density at radius 3 is 2.20 bits per heavy atom. The van der Waals surface area contributed by atoms with Crippen molar-refractivity contribution in [1.29, 1.82) is 0 Å². The average Bonchev–Trinajstić information content (AvgIpc) is 2.78. The second-order valence-electron chi connectivity index (χ2n) is 7.66. The minimum absolute atomic E-state index is 0. The van der Waals surface area contributed by atoms with Gasteiger partial charge in [-0.2, -0.15) is 0 Å². The molecule has 0 aromatic heterocycles. The van der Waals surface area contributed by atoms with E-state index in [4.69, 9.17) is 15.2 Å². The van der Waals surface area contributed by atoms with Crippen LogP contribution in [0.2, 0.25) is 0 Å². The standard InChI is InChI=1S/C24H29NO4.ClH/c25-16-19-6-11-21(12-7-19)24(27)29-22-13-8-18(9-14-22)10-15-23(26)28-17-20-4-2-1-3-5-20;/h1-5,8-9,13-14,19,21H,6-7,10-12,15-17,25H2;1H. The van der Waals surface area contributed by atoms with Gasteiger partial charge in [0.25, 0.3) is 0 Å². The Kier molecular flexibility index (Phi) is 9.84. The average molecular weight is 432 g/mol. The number of benzene rings is 2. The zero-order valence-electron chi connectivity index (χ0n) is 17.1. The third-order valence-electron chi connectivity index (χ3n) is 5.52. The van der Waals surface area contributed by atoms with Crippen molar-refractivity contribution < 1.29 is 19.1 Å². The molecule has 0 heterocycles. The number of halogens is 1. The van der Waals surface area contributed by atoms with E-state index < -0.39 is 0 Å². The first-order valence-electron chi connectivity index (χ1n) is 10.3. The lowest BCUT2D eigenvalue weighted by Crippen LogP contribution is -2.28. The van der Waals surface area contributed by atoms with Gasteiger partial charge in [0.1, 0.15) is 12.4 Å². The van der Waals surface area contributed by atoms with E-state index in [2.05, 4.69) is 0 Å². The van der Waals surface area contributed by atoms with Gasteiger partial charge in [0.05, 0.1) is 5.92 Å². The molecule has 2 aromatic rings. The van der Waals surface area contributed by atoms with Crippen LogP contribution in [0.3, 0.4) is 0 Å². The number of esters is 2. The van der Waals surface area contributed by atoms with E-state index in [-0.39, 0.29) is 30.3 Å². The first-order valence-corrected chi connectivity index (χ1v) is 10.3. The molecule has 0 spiro atoms. The summed E-state index contributed by atoms with van der Waals surface area (Å²) in [5.74, 6) is 0.677. The molecule has 6 heteroatoms. The molecule has 3 rings (SSSR count). The van der Waals surface area contributed by atoms with Crippen molar-refractivity contribution in [3.8, 4) is 5.75 Å². The second-order valence-corrected chi connectivity index (χ2v) is 7.66. The molecule has 30 heavy (non-hydrogen) atoms. The van der Waals surface area contributed by atoms with E-state index in [9.17, 15) is 9.59 Å². The van der Waals surface area contributed by atoms with E-state index in [1.807, 2.05) is 42.5 Å². The summed E-state index contributed by atoms with van der Waals surface area (Å²) < 4.78 is 10.8. The number of carbonyl (C=O) groups is 2. The summed E-state index contributed by atoms with van der Waals surface area (Å²) in [7, 11) is 0. The first kappa shape index (κ1) is 23.9. The predicted octanol–water partition coefficient (Wildman–Crippen LogP) is 4.45. The summed E-state index contributed by atoms with van der Waals surface area (Å²) in [5, 5.41) is 0. The van der Waals surface area contributed by atoms with Crippen molar-refractivity contribution in [1.82, 2.24) is 0 Å². The third kappa shape index (κ3) is 7.47. The molecule has 0 unspecified atom stereocenters. The molecular formula is C24H30ClNO4. The molecule has 0 radical (unpaired) electrons. The maximum absolute atomic E-state index is 12.3. The van der Waals surface area contributed by atoms with Crippen molar-refractivity contribution in [2.75, 3.05) is 6.54 Å². The topological polar surface area (TPSA) is 78.6 Å². The lowest BCUT2D eigenvalue weighted by molar-refractivity contribution is -0.145. The SMILES string of the molecule is Cl.NCC1CCC(C(=O)Oc2ccc(CCC(=O)OCc3ccccc3)cc2)CC1. The summed E-state index contributed by atoms with van der Waals surface area (Å²) in [6, 6.07) is 17.0. The van der Waals surface area contributed by atoms with Crippen molar-refractivity contribution >= 4 is 24.3 Å². The van der Waals surface area contributed by atoms with Gasteiger partial charge in [-0.25, -0.2) is 0 Å². The highest BCUT2D eigenvalue weighted by atomic mass is 35.5. The summed E-state index contributed by atoms with van der Waals surface area (Å²) >= 11 is 0. The highest BCUT2D eigenvalue weighted by Gasteiger charge is 2.27. The van der Waals surface area contributed by atoms with Gasteiger partial charge in [0.2, 0.25) is 0 Å². The van der Waals surface area contributed by atoms with Gasteiger partial charge in [0.15, 0.2) is 0 Å². The normalized spacial score (nSPS) is 18.2. The maximum Gasteiger partial charge on any atom is 0.314 e. The van der Waals surface area contributed by atoms with E-state index in [1.165, 1.54) is 0 Å². The molecular weight excluding hydrogens is 402 g/mol. The fraction of sp³-hybridized carbons (Fsp3) is 0.417. The van der Waals surface area contributed by atoms with Crippen LogP contribution in [0.1, 0.15) is 43.2 Å². The summed E-state index contributed by atoms with van der Waals surface area (Å²) in [4.78, 5) is 24.3. The number of nitrogens with two attached hydrogens (primary N) is 1. The van der Waals surface area contributed by atoms with Gasteiger partial charge in [-0.1, -0.05) is 42.5 Å². The van der Waals surface area contributed by atoms with Crippen LogP contribution in [0.25, 0.3) is 0 Å². The van der Waals surface area contributed by atoms with Crippen molar-refractivity contribution in [2.24, 2.45) is 17.6 Å². The molecule has 1 aliphatic rings. The molecule has 1 fully saturated rings. The number of carbonyl (C=O) groups excluding carboxylic acids is 2. The summed E-state index contributed by atoms with van der Waals surface area (Å²) in [6.07, 6.45) is 4.60. The fourth-order valence-corrected chi connectivity index (χ4v) is 3.61. The predicted molar refractivity (Wildman–Crippen MR) is 118 cm³/mol. The Bertz CT molecular complexity index is 787. The smallest absolute Gasteiger partial charge is 0.314 e. The van der Waals surface area contributed by atoms with E-state index >= 15 is 0 Å². The van der Waals surface area contributed by atoms with Crippen LogP contribution >= 0.6 is 12.4 Å². The zero-order valence-corrected chi connectivity index (χ0v) is 17.9. The number of aryl methyl sites for hydroxylation is 1. The van der Waals surface area contributed by atoms with Crippen LogP contribution in [-0.4, -0.2) is 18.5 Å². The molecule has 2 N–H and O–H groups in total. The van der Waals surface area contributed by atoms with Crippen LogP contribution in [0, 0.1) is 11.8 Å². The lowest BCUT2D eigenvalue weighted by atomic mass is 9.82. The molecule has 0 saturated heterocycles. The maximum atomic E-state index is 12.3. The van der Waals surface area contributed by atoms with Crippen molar-refractivity contribution in [2.45, 2.75) is 45.1 Å². The number of ether oxygens (including phenoxy) is 2. The minimum Gasteiger partial charge on any atom is -0.461 e. The molecule has 0 amide bonds. The first-order chi connectivity index (χ1) is 14.1. The molecule has 5 nitrogen and oxygen atoms in total. The third-order valence-corrected chi connectivity index (χ3v) is 5.52. The highest BCUT2D eigenvalue weighted by molar-refractivity contribution is 5.85. The van der Waals surface area contributed by atoms with Crippen molar-refractivity contribution in [3.05, 3.63) is 65.7 Å². The van der Waals surface area contributed by atoms with E-state index in [0.717, 1.165) is 36.8 Å². The lowest BCUT2D eigenvalue weighted by Gasteiger charge is -2.26. The quantitative estimate of drug-likeness (QED) is 0.493. The number of hydrogen-bond acceptors (Lipinski definition) is 5. The Morgan fingerprint density at radius 2 is 1.57 bits per heavy atom. The van der Waals surface area contributed by atoms with Gasteiger partial charge in [0, 0.05) is 6.42 Å². The van der Waals surface area contributed by atoms with Gasteiger partial charge >= 0.3 is 11.9 Å². The number of hydrogen-bond donors (Lipinski definition) is 1. The highest BCUT2D eigenvalue weighted by Crippen LogP contribution is 2.29. The van der Waals surface area contributed by atoms with Gasteiger partial charge < -0.3 is 15.2 Å². The van der Waals surface area contributed by atoms with Crippen LogP contribution in [0.4, 0.5) is 0 Å². The van der Waals surface area contributed by atoms with Gasteiger partial charge in [-0.15, -0.1) is 12.4 Å². The largest absolute Gasteiger partial charge is 0.461 e. The Labute approximate surface area is 184 Å². The zero-order chi connectivity index (χ0) is 20.5. The Balaban J connectivity index is 0.00000320. The monoisotopic (exact) mass is 431 g/mol. The summed E-state index contributed by atoms with van der Waals surface area (Å²) in [6.45, 7) is 0.991. The van der Waals surface area contributed by atoms with Gasteiger partial charge in [-0.3, -0.25) is 9.59 Å². The van der Waals surface area contributed by atoms with E-state index in [1.54, 1.807) is 12.1 Å². The minimum atomic E-state index is -0.225. The molecule has 1 saturated carbocycles. The molecule has 1 aliphatic carbocycles. The Morgan fingerprint density at radius 1 is 0.900 bits per heavy atom. The fourth-order valence-electron chi connectivity index (χ4n) is 3.61. The number of rotatable bonds is 8. The van der Waals surface area contributed by atoms with Crippen LogP contribution in [0.5, 0.6) is 5.75 Å². The van der Waals surface area contributed by atoms with E-state index in [0.29, 0.717) is 37.7 Å². The molecule has 2 aromatic carbocycles. The van der Waals surface area contributed by atoms with Crippen molar-refractivity contribution in [3.63, 3.8) is 0 Å². The van der Waals surface area contributed by atoms with Gasteiger partial charge in [-0.05, 0) is 67.8 Å². The summed E-state index contributed by atoms with van der Waals surface area (Å²) in [5.41, 5.74) is 7.68. The molecule has 162 valence electrons. The van der Waals surface area contributed by atoms with Crippen LogP contribution < -0.4 is 10.5 Å².